The second kappa shape index (κ2) is 8.51. The quantitative estimate of drug-likeness (QED) is 0.303. The molecule has 0 bridgehead atoms. The van der Waals surface area contributed by atoms with Crippen LogP contribution in [0, 0.1) is 3.57 Å². The third kappa shape index (κ3) is 4.28. The summed E-state index contributed by atoms with van der Waals surface area (Å²) < 4.78 is 2.65. The Balaban J connectivity index is 1.43. The molecule has 4 aromatic rings. The molecule has 0 aliphatic rings. The normalized spacial score (nSPS) is 10.8. The third-order valence-corrected chi connectivity index (χ3v) is 6.20. The average Bonchev–Trinajstić information content (AvgIpc) is 3.29. The number of carbonyl (C=O) groups excluding carboxylic acids is 1. The first kappa shape index (κ1) is 19.9. The van der Waals surface area contributed by atoms with E-state index in [0.29, 0.717) is 5.56 Å². The summed E-state index contributed by atoms with van der Waals surface area (Å²) in [6.45, 7) is 2.02. The number of aryl methyl sites for hydroxylation is 1. The Bertz CT molecular complexity index is 1200. The molecule has 7 nitrogen and oxygen atoms in total. The first-order valence-corrected chi connectivity index (χ1v) is 11.0. The molecule has 146 valence electrons. The number of fused-ring (bicyclic) bond motifs is 1. The highest BCUT2D eigenvalue weighted by molar-refractivity contribution is 14.1. The molecule has 0 saturated heterocycles. The average molecular weight is 534 g/mol. The zero-order valence-corrected chi connectivity index (χ0v) is 19.0. The van der Waals surface area contributed by atoms with E-state index in [2.05, 4.69) is 48.5 Å². The number of nitrogens with one attached hydrogen (secondary N) is 2. The number of hydrogen-bond donors (Lipinski definition) is 2. The van der Waals surface area contributed by atoms with Gasteiger partial charge in [-0.3, -0.25) is 10.1 Å². The summed E-state index contributed by atoms with van der Waals surface area (Å²) in [6.07, 6.45) is 0.776. The molecule has 0 spiro atoms. The Labute approximate surface area is 189 Å². The van der Waals surface area contributed by atoms with E-state index in [9.17, 15) is 4.79 Å². The molecule has 0 radical (unpaired) electrons. The zero-order chi connectivity index (χ0) is 20.4. The van der Waals surface area contributed by atoms with Crippen LogP contribution < -0.4 is 10.6 Å². The molecule has 1 amide bonds. The Hall–Kier alpha value is -2.44. The maximum Gasteiger partial charge on any atom is 0.258 e. The Morgan fingerprint density at radius 2 is 1.93 bits per heavy atom. The van der Waals surface area contributed by atoms with E-state index in [4.69, 9.17) is 12.2 Å². The molecule has 0 fully saturated rings. The van der Waals surface area contributed by atoms with Gasteiger partial charge in [0.05, 0.1) is 5.56 Å². The van der Waals surface area contributed by atoms with E-state index in [1.54, 1.807) is 10.6 Å². The van der Waals surface area contributed by atoms with Crippen molar-refractivity contribution in [2.45, 2.75) is 13.3 Å². The van der Waals surface area contributed by atoms with Crippen molar-refractivity contribution in [3.8, 4) is 10.6 Å². The van der Waals surface area contributed by atoms with Crippen molar-refractivity contribution in [1.82, 2.24) is 25.1 Å². The molecule has 2 aromatic heterocycles. The number of rotatable bonds is 4. The molecule has 0 aliphatic heterocycles. The molecular formula is C19H15IN6OS2. The highest BCUT2D eigenvalue weighted by atomic mass is 127. The maximum atomic E-state index is 12.4. The van der Waals surface area contributed by atoms with Crippen molar-refractivity contribution in [2.75, 3.05) is 5.32 Å². The number of thiocarbonyl (C=S) groups is 1. The van der Waals surface area contributed by atoms with Crippen LogP contribution in [0.15, 0.2) is 48.5 Å². The number of halogens is 1. The van der Waals surface area contributed by atoms with Crippen molar-refractivity contribution >= 4 is 67.8 Å². The Morgan fingerprint density at radius 1 is 1.17 bits per heavy atom. The van der Waals surface area contributed by atoms with E-state index < -0.39 is 0 Å². The summed E-state index contributed by atoms with van der Waals surface area (Å²) in [5.41, 5.74) is 2.34. The fourth-order valence-corrected chi connectivity index (χ4v) is 4.38. The van der Waals surface area contributed by atoms with Gasteiger partial charge in [0.25, 0.3) is 5.91 Å². The predicted octanol–water partition coefficient (Wildman–Crippen LogP) is 4.15. The van der Waals surface area contributed by atoms with Gasteiger partial charge in [-0.1, -0.05) is 30.4 Å². The van der Waals surface area contributed by atoms with Crippen LogP contribution in [0.1, 0.15) is 23.1 Å². The second-order valence-corrected chi connectivity index (χ2v) is 8.56. The molecule has 0 aliphatic carbocycles. The molecular weight excluding hydrogens is 519 g/mol. The number of amides is 1. The minimum Gasteiger partial charge on any atom is -0.332 e. The Morgan fingerprint density at radius 3 is 2.66 bits per heavy atom. The first-order chi connectivity index (χ1) is 14.0. The SMILES string of the molecule is CCc1nnc2sc(-c3ccc(NC(=S)NC(=O)c4ccccc4I)cc3)nn12. The number of hydrogen-bond acceptors (Lipinski definition) is 6. The fourth-order valence-electron chi connectivity index (χ4n) is 2.67. The van der Waals surface area contributed by atoms with Crippen molar-refractivity contribution in [2.24, 2.45) is 0 Å². The van der Waals surface area contributed by atoms with Crippen molar-refractivity contribution < 1.29 is 4.79 Å². The highest BCUT2D eigenvalue weighted by Gasteiger charge is 2.13. The lowest BCUT2D eigenvalue weighted by atomic mass is 10.2. The Kier molecular flexibility index (Phi) is 5.83. The van der Waals surface area contributed by atoms with Crippen molar-refractivity contribution in [1.29, 1.82) is 0 Å². The zero-order valence-electron chi connectivity index (χ0n) is 15.2. The van der Waals surface area contributed by atoms with E-state index in [1.807, 2.05) is 49.4 Å². The third-order valence-electron chi connectivity index (χ3n) is 4.11. The summed E-state index contributed by atoms with van der Waals surface area (Å²) in [5, 5.41) is 19.7. The van der Waals surface area contributed by atoms with E-state index in [0.717, 1.165) is 37.0 Å². The maximum absolute atomic E-state index is 12.4. The second-order valence-electron chi connectivity index (χ2n) is 6.04. The van der Waals surface area contributed by atoms with Gasteiger partial charge in [0.1, 0.15) is 5.01 Å². The van der Waals surface area contributed by atoms with Gasteiger partial charge in [-0.15, -0.1) is 10.2 Å². The minimum atomic E-state index is -0.240. The number of anilines is 1. The van der Waals surface area contributed by atoms with Gasteiger partial charge < -0.3 is 5.32 Å². The molecule has 4 rings (SSSR count). The summed E-state index contributed by atoms with van der Waals surface area (Å²) in [4.78, 5) is 13.1. The van der Waals surface area contributed by atoms with Crippen LogP contribution in [0.4, 0.5) is 5.69 Å². The van der Waals surface area contributed by atoms with Crippen molar-refractivity contribution in [3.05, 3.63) is 63.5 Å². The van der Waals surface area contributed by atoms with Gasteiger partial charge >= 0.3 is 0 Å². The predicted molar refractivity (Wildman–Crippen MR) is 126 cm³/mol. The molecule has 0 saturated carbocycles. The van der Waals surface area contributed by atoms with E-state index in [-0.39, 0.29) is 11.0 Å². The van der Waals surface area contributed by atoms with E-state index in [1.165, 1.54) is 11.3 Å². The highest BCUT2D eigenvalue weighted by Crippen LogP contribution is 2.26. The number of nitrogens with zero attached hydrogens (tertiary/aromatic N) is 4. The first-order valence-electron chi connectivity index (χ1n) is 8.73. The van der Waals surface area contributed by atoms with Crippen LogP contribution in [-0.2, 0) is 6.42 Å². The van der Waals surface area contributed by atoms with Gasteiger partial charge in [-0.25, -0.2) is 0 Å². The van der Waals surface area contributed by atoms with Gasteiger partial charge in [-0.05, 0) is 71.2 Å². The fraction of sp³-hybridized carbons (Fsp3) is 0.105. The number of carbonyl (C=O) groups is 1. The van der Waals surface area contributed by atoms with Gasteiger partial charge in [-0.2, -0.15) is 9.61 Å². The lowest BCUT2D eigenvalue weighted by Gasteiger charge is -2.10. The lowest BCUT2D eigenvalue weighted by molar-refractivity contribution is 0.0977. The monoisotopic (exact) mass is 534 g/mol. The van der Waals surface area contributed by atoms with Crippen LogP contribution in [0.25, 0.3) is 15.5 Å². The molecule has 10 heteroatoms. The number of aromatic nitrogens is 4. The summed E-state index contributed by atoms with van der Waals surface area (Å²) in [6, 6.07) is 15.0. The van der Waals surface area contributed by atoms with Gasteiger partial charge in [0.15, 0.2) is 10.9 Å². The summed E-state index contributed by atoms with van der Waals surface area (Å²) >= 11 is 8.88. The molecule has 29 heavy (non-hydrogen) atoms. The molecule has 0 unspecified atom stereocenters. The van der Waals surface area contributed by atoms with E-state index >= 15 is 0 Å². The summed E-state index contributed by atoms with van der Waals surface area (Å²) in [7, 11) is 0. The lowest BCUT2D eigenvalue weighted by Crippen LogP contribution is -2.34. The van der Waals surface area contributed by atoms with Crippen LogP contribution >= 0.6 is 46.1 Å². The molecule has 2 N–H and O–H groups in total. The number of benzene rings is 2. The van der Waals surface area contributed by atoms with Crippen LogP contribution in [0.5, 0.6) is 0 Å². The smallest absolute Gasteiger partial charge is 0.258 e. The standard InChI is InChI=1S/C19H15IN6OS2/c1-2-15-23-24-19-26(15)25-17(29-19)11-7-9-12(10-8-11)21-18(28)22-16(27)13-5-3-4-6-14(13)20/h3-10H,2H2,1H3,(H2,21,22,27,28). The van der Waals surface area contributed by atoms with Crippen LogP contribution in [0.3, 0.4) is 0 Å². The minimum absolute atomic E-state index is 0.240. The van der Waals surface area contributed by atoms with Gasteiger partial charge in [0.2, 0.25) is 4.96 Å². The molecule has 0 atom stereocenters. The molecule has 2 aromatic carbocycles. The van der Waals surface area contributed by atoms with Crippen LogP contribution in [0.2, 0.25) is 0 Å². The largest absolute Gasteiger partial charge is 0.332 e. The van der Waals surface area contributed by atoms with Crippen LogP contribution in [-0.4, -0.2) is 30.8 Å². The van der Waals surface area contributed by atoms with Crippen molar-refractivity contribution in [3.63, 3.8) is 0 Å². The summed E-state index contributed by atoms with van der Waals surface area (Å²) in [5.74, 6) is 0.602. The molecule has 2 heterocycles. The topological polar surface area (TPSA) is 84.2 Å². The van der Waals surface area contributed by atoms with Gasteiger partial charge in [0, 0.05) is 21.2 Å².